The van der Waals surface area contributed by atoms with Crippen molar-refractivity contribution < 1.29 is 0 Å². The largest absolute Gasteiger partial charge is 0.325 e. The fourth-order valence-electron chi connectivity index (χ4n) is 1.55. The Hall–Kier alpha value is -0.650. The highest BCUT2D eigenvalue weighted by atomic mass is 79.9. The molecular formula is C11H14BrN3S. The maximum atomic E-state index is 4.68. The molecule has 86 valence electrons. The van der Waals surface area contributed by atoms with Crippen molar-refractivity contribution in [3.05, 3.63) is 27.9 Å². The van der Waals surface area contributed by atoms with E-state index in [0.29, 0.717) is 0 Å². The molecule has 0 aliphatic heterocycles. The Labute approximate surface area is 108 Å². The molecule has 2 aromatic heterocycles. The minimum Gasteiger partial charge on any atom is -0.325 e. The zero-order valence-corrected chi connectivity index (χ0v) is 11.7. The first-order valence-electron chi connectivity index (χ1n) is 5.13. The lowest BCUT2D eigenvalue weighted by molar-refractivity contribution is 0.713. The third-order valence-corrected chi connectivity index (χ3v) is 4.26. The molecule has 0 spiro atoms. The van der Waals surface area contributed by atoms with Gasteiger partial charge in [0, 0.05) is 20.0 Å². The molecule has 2 heterocycles. The zero-order valence-electron chi connectivity index (χ0n) is 9.33. The molecule has 0 aliphatic rings. The summed E-state index contributed by atoms with van der Waals surface area (Å²) in [6, 6.07) is 4.15. The van der Waals surface area contributed by atoms with Crippen molar-refractivity contribution in [2.75, 3.05) is 13.6 Å². The molecule has 2 rings (SSSR count). The van der Waals surface area contributed by atoms with Gasteiger partial charge in [-0.25, -0.2) is 4.98 Å². The van der Waals surface area contributed by atoms with Gasteiger partial charge in [0.25, 0.3) is 0 Å². The Morgan fingerprint density at radius 1 is 1.56 bits per heavy atom. The van der Waals surface area contributed by atoms with Crippen LogP contribution in [-0.4, -0.2) is 23.1 Å². The second kappa shape index (κ2) is 5.12. The number of hydrogen-bond acceptors (Lipinski definition) is 3. The van der Waals surface area contributed by atoms with Crippen LogP contribution in [-0.2, 0) is 13.5 Å². The molecule has 1 N–H and O–H groups in total. The van der Waals surface area contributed by atoms with E-state index in [9.17, 15) is 0 Å². The number of nitrogens with zero attached hydrogens (tertiary/aromatic N) is 2. The lowest BCUT2D eigenvalue weighted by Crippen LogP contribution is -2.13. The fraction of sp³-hybridized carbons (Fsp3) is 0.364. The Morgan fingerprint density at radius 3 is 3.00 bits per heavy atom. The summed E-state index contributed by atoms with van der Waals surface area (Å²) in [4.78, 5) is 5.88. The molecule has 0 bridgehead atoms. The topological polar surface area (TPSA) is 29.9 Å². The van der Waals surface area contributed by atoms with E-state index in [-0.39, 0.29) is 0 Å². The van der Waals surface area contributed by atoms with Crippen LogP contribution in [0, 0.1) is 0 Å². The number of nitrogens with one attached hydrogen (secondary N) is 1. The minimum absolute atomic E-state index is 0.941. The van der Waals surface area contributed by atoms with Crippen LogP contribution in [0.5, 0.6) is 0 Å². The molecule has 0 saturated carbocycles. The molecule has 0 saturated heterocycles. The molecule has 5 heteroatoms. The first-order valence-corrected chi connectivity index (χ1v) is 6.81. The van der Waals surface area contributed by atoms with E-state index in [1.807, 2.05) is 20.2 Å². The molecule has 0 aliphatic carbocycles. The lowest BCUT2D eigenvalue weighted by Gasteiger charge is -2.00. The average molecular weight is 300 g/mol. The maximum Gasteiger partial charge on any atom is 0.113 e. The van der Waals surface area contributed by atoms with Gasteiger partial charge in [-0.05, 0) is 34.4 Å². The predicted octanol–water partition coefficient (Wildman–Crippen LogP) is 2.67. The van der Waals surface area contributed by atoms with Crippen molar-refractivity contribution in [2.45, 2.75) is 6.42 Å². The average Bonchev–Trinajstić information content (AvgIpc) is 2.88. The normalized spacial score (nSPS) is 10.9. The zero-order chi connectivity index (χ0) is 11.5. The second-order valence-electron chi connectivity index (χ2n) is 3.56. The van der Waals surface area contributed by atoms with Crippen LogP contribution in [0.25, 0.3) is 10.6 Å². The van der Waals surface area contributed by atoms with Gasteiger partial charge < -0.3 is 9.88 Å². The highest BCUT2D eigenvalue weighted by Gasteiger charge is 2.14. The molecule has 0 fully saturated rings. The number of thiophene rings is 1. The number of halogens is 1. The van der Waals surface area contributed by atoms with E-state index in [4.69, 9.17) is 0 Å². The van der Waals surface area contributed by atoms with Gasteiger partial charge in [0.15, 0.2) is 0 Å². The van der Waals surface area contributed by atoms with E-state index in [2.05, 4.69) is 42.2 Å². The summed E-state index contributed by atoms with van der Waals surface area (Å²) in [6.07, 6.45) is 0.941. The molecule has 3 nitrogen and oxygen atoms in total. The molecule has 0 unspecified atom stereocenters. The summed E-state index contributed by atoms with van der Waals surface area (Å²) in [5.74, 6) is 1.10. The number of rotatable bonds is 4. The standard InChI is InChI=1S/C11H14BrN3S/c1-13-6-5-9-14-10(11(12)15(9)2)8-4-3-7-16-8/h3-4,7,13H,5-6H2,1-2H3. The molecular weight excluding hydrogens is 286 g/mol. The Morgan fingerprint density at radius 2 is 2.38 bits per heavy atom. The van der Waals surface area contributed by atoms with Gasteiger partial charge in [-0.3, -0.25) is 0 Å². The van der Waals surface area contributed by atoms with Crippen LogP contribution in [0.4, 0.5) is 0 Å². The minimum atomic E-state index is 0.941. The number of imidazole rings is 1. The van der Waals surface area contributed by atoms with Gasteiger partial charge >= 0.3 is 0 Å². The fourth-order valence-corrected chi connectivity index (χ4v) is 2.91. The van der Waals surface area contributed by atoms with Crippen molar-refractivity contribution in [3.8, 4) is 10.6 Å². The molecule has 0 radical (unpaired) electrons. The molecule has 0 amide bonds. The van der Waals surface area contributed by atoms with E-state index in [1.54, 1.807) is 11.3 Å². The maximum absolute atomic E-state index is 4.68. The molecule has 2 aromatic rings. The predicted molar refractivity (Wildman–Crippen MR) is 71.9 cm³/mol. The summed E-state index contributed by atoms with van der Waals surface area (Å²) < 4.78 is 3.16. The first kappa shape index (κ1) is 11.8. The number of hydrogen-bond donors (Lipinski definition) is 1. The smallest absolute Gasteiger partial charge is 0.113 e. The number of likely N-dealkylation sites (N-methyl/N-ethyl adjacent to an activating group) is 1. The molecule has 0 atom stereocenters. The molecule has 0 aromatic carbocycles. The van der Waals surface area contributed by atoms with Crippen LogP contribution in [0.3, 0.4) is 0 Å². The van der Waals surface area contributed by atoms with Gasteiger partial charge in [0.05, 0.1) is 4.88 Å². The highest BCUT2D eigenvalue weighted by Crippen LogP contribution is 2.31. The SMILES string of the molecule is CNCCc1nc(-c2cccs2)c(Br)n1C. The van der Waals surface area contributed by atoms with Crippen LogP contribution >= 0.6 is 27.3 Å². The third kappa shape index (κ3) is 2.21. The van der Waals surface area contributed by atoms with Crippen molar-refractivity contribution >= 4 is 27.3 Å². The monoisotopic (exact) mass is 299 g/mol. The summed E-state index contributed by atoms with van der Waals surface area (Å²) >= 11 is 5.32. The molecule has 16 heavy (non-hydrogen) atoms. The van der Waals surface area contributed by atoms with Gasteiger partial charge in [0.2, 0.25) is 0 Å². The summed E-state index contributed by atoms with van der Waals surface area (Å²) in [7, 11) is 4.00. The van der Waals surface area contributed by atoms with E-state index in [1.165, 1.54) is 4.88 Å². The third-order valence-electron chi connectivity index (χ3n) is 2.47. The van der Waals surface area contributed by atoms with Crippen LogP contribution < -0.4 is 5.32 Å². The van der Waals surface area contributed by atoms with Gasteiger partial charge in [0.1, 0.15) is 16.1 Å². The quantitative estimate of drug-likeness (QED) is 0.941. The first-order chi connectivity index (χ1) is 7.74. The van der Waals surface area contributed by atoms with Crippen molar-refractivity contribution in [1.82, 2.24) is 14.9 Å². The lowest BCUT2D eigenvalue weighted by atomic mass is 10.4. The second-order valence-corrected chi connectivity index (χ2v) is 5.26. The van der Waals surface area contributed by atoms with E-state index >= 15 is 0 Å². The van der Waals surface area contributed by atoms with E-state index < -0.39 is 0 Å². The van der Waals surface area contributed by atoms with Gasteiger partial charge in [-0.1, -0.05) is 6.07 Å². The Bertz CT molecular complexity index is 462. The Kier molecular flexibility index (Phi) is 3.78. The van der Waals surface area contributed by atoms with Gasteiger partial charge in [-0.2, -0.15) is 0 Å². The van der Waals surface area contributed by atoms with E-state index in [0.717, 1.165) is 29.1 Å². The van der Waals surface area contributed by atoms with Crippen LogP contribution in [0.15, 0.2) is 22.1 Å². The summed E-state index contributed by atoms with van der Waals surface area (Å²) in [5, 5.41) is 5.21. The van der Waals surface area contributed by atoms with Crippen molar-refractivity contribution in [2.24, 2.45) is 7.05 Å². The van der Waals surface area contributed by atoms with Crippen LogP contribution in [0.2, 0.25) is 0 Å². The highest BCUT2D eigenvalue weighted by molar-refractivity contribution is 9.10. The van der Waals surface area contributed by atoms with Crippen LogP contribution in [0.1, 0.15) is 5.82 Å². The Balaban J connectivity index is 2.34. The van der Waals surface area contributed by atoms with Crippen molar-refractivity contribution in [3.63, 3.8) is 0 Å². The summed E-state index contributed by atoms with van der Waals surface area (Å²) in [6.45, 7) is 0.946. The number of aromatic nitrogens is 2. The van der Waals surface area contributed by atoms with Crippen molar-refractivity contribution in [1.29, 1.82) is 0 Å². The summed E-state index contributed by atoms with van der Waals surface area (Å²) in [5.41, 5.74) is 1.05. The van der Waals surface area contributed by atoms with Gasteiger partial charge in [-0.15, -0.1) is 11.3 Å².